The fraction of sp³-hybridized carbons (Fsp3) is 0.684. The first-order valence-electron chi connectivity index (χ1n) is 9.31. The molecular weight excluding hydrogens is 300 g/mol. The van der Waals surface area contributed by atoms with Gasteiger partial charge in [0.05, 0.1) is 6.61 Å². The fourth-order valence-corrected chi connectivity index (χ4v) is 4.15. The number of fused-ring (bicyclic) bond motifs is 1. The minimum atomic E-state index is 0.273. The summed E-state index contributed by atoms with van der Waals surface area (Å²) in [5, 5.41) is 9.02. The van der Waals surface area contributed by atoms with E-state index in [0.717, 1.165) is 52.4 Å². The van der Waals surface area contributed by atoms with Gasteiger partial charge in [-0.3, -0.25) is 9.80 Å². The third-order valence-electron chi connectivity index (χ3n) is 5.63. The van der Waals surface area contributed by atoms with Gasteiger partial charge in [0.25, 0.3) is 0 Å². The zero-order valence-electron chi connectivity index (χ0n) is 15.0. The third-order valence-corrected chi connectivity index (χ3v) is 5.63. The molecule has 2 aliphatic rings. The van der Waals surface area contributed by atoms with Gasteiger partial charge in [-0.05, 0) is 36.6 Å². The molecule has 24 heavy (non-hydrogen) atoms. The smallest absolute Gasteiger partial charge is 0.0558 e. The minimum absolute atomic E-state index is 0.273. The number of hydrogen-bond donors (Lipinski definition) is 2. The topological polar surface area (TPSA) is 56.0 Å². The zero-order valence-corrected chi connectivity index (χ0v) is 15.0. The first-order chi connectivity index (χ1) is 11.7. The predicted octanol–water partition coefficient (Wildman–Crippen LogP) is 0.810. The quantitative estimate of drug-likeness (QED) is 0.774. The average molecular weight is 332 g/mol. The first kappa shape index (κ1) is 17.8. The standard InChI is InChI=1S/C19H32N4O/c1-16-4-2-5-17-18(16)15-23(19(17)14-20)7-3-6-21-8-10-22(11-9-21)12-13-24/h2,4-5,19,24H,3,6-15,20H2,1H3. The molecule has 3 N–H and O–H groups in total. The summed E-state index contributed by atoms with van der Waals surface area (Å²) in [5.74, 6) is 0. The number of nitrogens with zero attached hydrogens (tertiary/aromatic N) is 3. The Hall–Kier alpha value is -0.980. The normalized spacial score (nSPS) is 22.9. The van der Waals surface area contributed by atoms with Crippen molar-refractivity contribution in [1.82, 2.24) is 14.7 Å². The van der Waals surface area contributed by atoms with Crippen LogP contribution in [0, 0.1) is 6.92 Å². The van der Waals surface area contributed by atoms with Crippen molar-refractivity contribution in [2.24, 2.45) is 5.73 Å². The summed E-state index contributed by atoms with van der Waals surface area (Å²) in [5.41, 5.74) is 10.4. The Morgan fingerprint density at radius 3 is 2.46 bits per heavy atom. The second-order valence-electron chi connectivity index (χ2n) is 7.13. The summed E-state index contributed by atoms with van der Waals surface area (Å²) in [6, 6.07) is 7.01. The Bertz CT molecular complexity index is 528. The summed E-state index contributed by atoms with van der Waals surface area (Å²) in [7, 11) is 0. The fourth-order valence-electron chi connectivity index (χ4n) is 4.15. The van der Waals surface area contributed by atoms with Crippen LogP contribution < -0.4 is 5.73 Å². The highest BCUT2D eigenvalue weighted by molar-refractivity contribution is 5.40. The molecule has 0 bridgehead atoms. The number of hydrogen-bond acceptors (Lipinski definition) is 5. The number of aliphatic hydroxyl groups is 1. The van der Waals surface area contributed by atoms with E-state index in [0.29, 0.717) is 12.6 Å². The van der Waals surface area contributed by atoms with E-state index in [-0.39, 0.29) is 6.61 Å². The summed E-state index contributed by atoms with van der Waals surface area (Å²) >= 11 is 0. The van der Waals surface area contributed by atoms with Crippen molar-refractivity contribution in [2.45, 2.75) is 25.9 Å². The summed E-state index contributed by atoms with van der Waals surface area (Å²) in [6.07, 6.45) is 1.20. The molecule has 0 spiro atoms. The van der Waals surface area contributed by atoms with Crippen molar-refractivity contribution in [2.75, 3.05) is 59.0 Å². The maximum absolute atomic E-state index is 9.02. The average Bonchev–Trinajstić information content (AvgIpc) is 2.96. The third kappa shape index (κ3) is 3.98. The molecule has 1 aromatic carbocycles. The van der Waals surface area contributed by atoms with Gasteiger partial charge in [-0.1, -0.05) is 18.2 Å². The summed E-state index contributed by atoms with van der Waals surface area (Å²) in [4.78, 5) is 7.46. The molecule has 5 heteroatoms. The van der Waals surface area contributed by atoms with Crippen molar-refractivity contribution >= 4 is 0 Å². The van der Waals surface area contributed by atoms with Gasteiger partial charge in [-0.25, -0.2) is 0 Å². The van der Waals surface area contributed by atoms with Crippen molar-refractivity contribution in [3.8, 4) is 0 Å². The molecule has 0 aliphatic carbocycles. The van der Waals surface area contributed by atoms with Gasteiger partial charge in [-0.15, -0.1) is 0 Å². The number of piperazine rings is 1. The van der Waals surface area contributed by atoms with E-state index in [1.165, 1.54) is 23.1 Å². The molecular formula is C19H32N4O. The maximum atomic E-state index is 9.02. The Kier molecular flexibility index (Phi) is 6.25. The van der Waals surface area contributed by atoms with Gasteiger partial charge in [-0.2, -0.15) is 0 Å². The van der Waals surface area contributed by atoms with Crippen LogP contribution in [0.2, 0.25) is 0 Å². The van der Waals surface area contributed by atoms with Crippen LogP contribution in [0.25, 0.3) is 0 Å². The van der Waals surface area contributed by atoms with Gasteiger partial charge in [0.2, 0.25) is 0 Å². The van der Waals surface area contributed by atoms with Gasteiger partial charge >= 0.3 is 0 Å². The van der Waals surface area contributed by atoms with Crippen LogP contribution in [0.1, 0.15) is 29.2 Å². The van der Waals surface area contributed by atoms with Crippen molar-refractivity contribution in [3.63, 3.8) is 0 Å². The molecule has 134 valence electrons. The van der Waals surface area contributed by atoms with Crippen LogP contribution in [0.4, 0.5) is 0 Å². The molecule has 1 fully saturated rings. The van der Waals surface area contributed by atoms with Crippen molar-refractivity contribution in [1.29, 1.82) is 0 Å². The highest BCUT2D eigenvalue weighted by Gasteiger charge is 2.29. The Labute approximate surface area is 146 Å². The number of benzene rings is 1. The number of aliphatic hydroxyl groups excluding tert-OH is 1. The largest absolute Gasteiger partial charge is 0.395 e. The van der Waals surface area contributed by atoms with E-state index < -0.39 is 0 Å². The molecule has 1 unspecified atom stereocenters. The lowest BCUT2D eigenvalue weighted by atomic mass is 10.0. The van der Waals surface area contributed by atoms with E-state index in [1.54, 1.807) is 0 Å². The molecule has 3 rings (SSSR count). The predicted molar refractivity (Wildman–Crippen MR) is 98.0 cm³/mol. The van der Waals surface area contributed by atoms with Crippen LogP contribution in [0.3, 0.4) is 0 Å². The van der Waals surface area contributed by atoms with Gasteiger partial charge < -0.3 is 15.7 Å². The monoisotopic (exact) mass is 332 g/mol. The molecule has 0 radical (unpaired) electrons. The molecule has 1 atom stereocenters. The molecule has 2 heterocycles. The lowest BCUT2D eigenvalue weighted by Crippen LogP contribution is -2.47. The summed E-state index contributed by atoms with van der Waals surface area (Å²) in [6.45, 7) is 11.8. The SMILES string of the molecule is Cc1cccc2c1CN(CCCN1CCN(CCO)CC1)C2CN. The second-order valence-corrected chi connectivity index (χ2v) is 7.13. The van der Waals surface area contributed by atoms with Crippen molar-refractivity contribution in [3.05, 3.63) is 34.9 Å². The molecule has 0 aromatic heterocycles. The first-order valence-corrected chi connectivity index (χ1v) is 9.31. The molecule has 1 aromatic rings. The molecule has 2 aliphatic heterocycles. The number of β-amino-alcohol motifs (C(OH)–C–C–N with tert-alkyl or cyclic N) is 1. The van der Waals surface area contributed by atoms with E-state index >= 15 is 0 Å². The second kappa shape index (κ2) is 8.41. The number of aryl methyl sites for hydroxylation is 1. The van der Waals surface area contributed by atoms with Crippen LogP contribution in [-0.2, 0) is 6.54 Å². The maximum Gasteiger partial charge on any atom is 0.0558 e. The van der Waals surface area contributed by atoms with Crippen LogP contribution >= 0.6 is 0 Å². The summed E-state index contributed by atoms with van der Waals surface area (Å²) < 4.78 is 0. The van der Waals surface area contributed by atoms with Gasteiger partial charge in [0.15, 0.2) is 0 Å². The Morgan fingerprint density at radius 1 is 1.08 bits per heavy atom. The molecule has 0 amide bonds. The highest BCUT2D eigenvalue weighted by Crippen LogP contribution is 2.34. The van der Waals surface area contributed by atoms with E-state index in [9.17, 15) is 0 Å². The van der Waals surface area contributed by atoms with Crippen LogP contribution in [-0.4, -0.2) is 78.8 Å². The number of nitrogens with two attached hydrogens (primary N) is 1. The lowest BCUT2D eigenvalue weighted by Gasteiger charge is -2.34. The molecule has 1 saturated heterocycles. The Balaban J connectivity index is 1.45. The minimum Gasteiger partial charge on any atom is -0.395 e. The Morgan fingerprint density at radius 2 is 1.79 bits per heavy atom. The molecule has 0 saturated carbocycles. The van der Waals surface area contributed by atoms with Crippen LogP contribution in [0.15, 0.2) is 18.2 Å². The van der Waals surface area contributed by atoms with Gasteiger partial charge in [0.1, 0.15) is 0 Å². The van der Waals surface area contributed by atoms with Gasteiger partial charge in [0, 0.05) is 58.4 Å². The highest BCUT2D eigenvalue weighted by atomic mass is 16.3. The molecule has 5 nitrogen and oxygen atoms in total. The van der Waals surface area contributed by atoms with Crippen LogP contribution in [0.5, 0.6) is 0 Å². The lowest BCUT2D eigenvalue weighted by molar-refractivity contribution is 0.107. The van der Waals surface area contributed by atoms with Crippen molar-refractivity contribution < 1.29 is 5.11 Å². The van der Waals surface area contributed by atoms with E-state index in [2.05, 4.69) is 39.8 Å². The zero-order chi connectivity index (χ0) is 16.9. The number of rotatable bonds is 7. The van der Waals surface area contributed by atoms with E-state index in [1.807, 2.05) is 0 Å². The van der Waals surface area contributed by atoms with E-state index in [4.69, 9.17) is 10.8 Å².